The van der Waals surface area contributed by atoms with Crippen LogP contribution in [0.5, 0.6) is 0 Å². The lowest BCUT2D eigenvalue weighted by Crippen LogP contribution is -2.55. The Morgan fingerprint density at radius 3 is 2.26 bits per heavy atom. The van der Waals surface area contributed by atoms with Gasteiger partial charge in [-0.3, -0.25) is 9.59 Å². The topological polar surface area (TPSA) is 69.7 Å². The molecule has 23 heavy (non-hydrogen) atoms. The molecule has 4 saturated carbocycles. The van der Waals surface area contributed by atoms with Crippen LogP contribution in [0.1, 0.15) is 39.0 Å². The third-order valence-electron chi connectivity index (χ3n) is 5.34. The Balaban J connectivity index is 1.51. The zero-order valence-corrected chi connectivity index (χ0v) is 13.0. The summed E-state index contributed by atoms with van der Waals surface area (Å²) in [6.45, 7) is -0.177. The molecule has 0 amide bonds. The molecule has 4 fully saturated rings. The highest BCUT2D eigenvalue weighted by molar-refractivity contribution is 5.89. The van der Waals surface area contributed by atoms with E-state index in [0.717, 1.165) is 19.3 Å². The molecule has 5 nitrogen and oxygen atoms in total. The van der Waals surface area contributed by atoms with Crippen LogP contribution in [0.25, 0.3) is 0 Å². The fraction of sp³-hybridized carbons (Fsp3) is 0.812. The van der Waals surface area contributed by atoms with Crippen LogP contribution in [-0.4, -0.2) is 36.9 Å². The summed E-state index contributed by atoms with van der Waals surface area (Å²) >= 11 is 0. The first-order valence-corrected chi connectivity index (χ1v) is 7.97. The minimum absolute atomic E-state index is 0.0367. The molecular formula is C16H20F2O5. The molecule has 4 rings (SSSR count). The van der Waals surface area contributed by atoms with Crippen LogP contribution < -0.4 is 0 Å². The van der Waals surface area contributed by atoms with E-state index in [-0.39, 0.29) is 36.8 Å². The summed E-state index contributed by atoms with van der Waals surface area (Å²) in [5.74, 6) is -4.96. The van der Waals surface area contributed by atoms with E-state index in [0.29, 0.717) is 25.7 Å². The number of ether oxygens (including phenoxy) is 2. The number of hydrogen-bond donors (Lipinski definition) is 0. The summed E-state index contributed by atoms with van der Waals surface area (Å²) in [6.07, 6.45) is 3.54. The monoisotopic (exact) mass is 330 g/mol. The van der Waals surface area contributed by atoms with E-state index >= 15 is 0 Å². The number of carbonyl (C=O) groups excluding carboxylic acids is 3. The summed E-state index contributed by atoms with van der Waals surface area (Å²) in [4.78, 5) is 35.4. The molecule has 7 heteroatoms. The maximum absolute atomic E-state index is 12.6. The first-order valence-electron chi connectivity index (χ1n) is 7.97. The Hall–Kier alpha value is -1.53. The molecule has 0 aromatic carbocycles. The molecule has 2 unspecified atom stereocenters. The third-order valence-corrected chi connectivity index (χ3v) is 5.34. The molecule has 4 aliphatic rings. The number of carbonyl (C=O) groups is 3. The Bertz CT molecular complexity index is 521. The molecule has 4 bridgehead atoms. The van der Waals surface area contributed by atoms with Gasteiger partial charge in [0, 0.05) is 18.8 Å². The van der Waals surface area contributed by atoms with Crippen LogP contribution in [0.3, 0.4) is 0 Å². The van der Waals surface area contributed by atoms with Crippen molar-refractivity contribution in [2.24, 2.45) is 23.2 Å². The van der Waals surface area contributed by atoms with E-state index in [9.17, 15) is 23.2 Å². The van der Waals surface area contributed by atoms with Crippen LogP contribution in [-0.2, 0) is 23.9 Å². The molecular weight excluding hydrogens is 310 g/mol. The zero-order chi connectivity index (χ0) is 16.8. The summed E-state index contributed by atoms with van der Waals surface area (Å²) in [6, 6.07) is 0. The molecule has 0 heterocycles. The van der Waals surface area contributed by atoms with Gasteiger partial charge in [0.1, 0.15) is 19.0 Å². The molecule has 0 spiro atoms. The molecule has 4 aliphatic carbocycles. The number of rotatable bonds is 5. The molecule has 0 aromatic heterocycles. The predicted octanol–water partition coefficient (Wildman–Crippen LogP) is 2.12. The van der Waals surface area contributed by atoms with Gasteiger partial charge in [-0.1, -0.05) is 0 Å². The van der Waals surface area contributed by atoms with Crippen LogP contribution in [0, 0.1) is 23.2 Å². The molecule has 128 valence electrons. The average molecular weight is 330 g/mol. The quantitative estimate of drug-likeness (QED) is 0.570. The molecule has 0 N–H and O–H groups in total. The van der Waals surface area contributed by atoms with Crippen molar-refractivity contribution in [2.45, 2.75) is 45.0 Å². The van der Waals surface area contributed by atoms with E-state index in [1.165, 1.54) is 0 Å². The lowest BCUT2D eigenvalue weighted by atomic mass is 9.49. The number of hydrogen-bond acceptors (Lipinski definition) is 5. The minimum atomic E-state index is -3.55. The van der Waals surface area contributed by atoms with Gasteiger partial charge < -0.3 is 9.47 Å². The highest BCUT2D eigenvalue weighted by Crippen LogP contribution is 2.58. The first-order chi connectivity index (χ1) is 10.7. The van der Waals surface area contributed by atoms with Gasteiger partial charge in [0.25, 0.3) is 0 Å². The zero-order valence-electron chi connectivity index (χ0n) is 13.0. The van der Waals surface area contributed by atoms with Crippen LogP contribution in [0.4, 0.5) is 8.78 Å². The summed E-state index contributed by atoms with van der Waals surface area (Å²) < 4.78 is 34.8. The van der Waals surface area contributed by atoms with Gasteiger partial charge in [-0.2, -0.15) is 8.78 Å². The van der Waals surface area contributed by atoms with Crippen LogP contribution in [0.2, 0.25) is 0 Å². The second kappa shape index (κ2) is 5.53. The predicted molar refractivity (Wildman–Crippen MR) is 73.5 cm³/mol. The van der Waals surface area contributed by atoms with Gasteiger partial charge in [0.05, 0.1) is 5.41 Å². The lowest BCUT2D eigenvalue weighted by Gasteiger charge is -2.53. The van der Waals surface area contributed by atoms with E-state index in [4.69, 9.17) is 4.74 Å². The van der Waals surface area contributed by atoms with Crippen LogP contribution >= 0.6 is 0 Å². The molecule has 0 saturated heterocycles. The average Bonchev–Trinajstić information content (AvgIpc) is 2.46. The number of halogens is 2. The summed E-state index contributed by atoms with van der Waals surface area (Å²) in [7, 11) is 0. The highest BCUT2D eigenvalue weighted by Gasteiger charge is 2.59. The second-order valence-electron chi connectivity index (χ2n) is 7.19. The molecule has 0 aliphatic heterocycles. The molecule has 0 aromatic rings. The fourth-order valence-corrected chi connectivity index (χ4v) is 4.55. The molecule has 2 atom stereocenters. The third kappa shape index (κ3) is 2.97. The van der Waals surface area contributed by atoms with Crippen molar-refractivity contribution in [1.29, 1.82) is 0 Å². The van der Waals surface area contributed by atoms with Crippen molar-refractivity contribution < 1.29 is 32.6 Å². The smallest absolute Gasteiger partial charge is 0.376 e. The van der Waals surface area contributed by atoms with Crippen molar-refractivity contribution >= 4 is 17.7 Å². The SMILES string of the molecule is CC(F)(F)C(=O)OCCOC(=O)C12CC3CC(C1)C(=O)C(C3)C2. The van der Waals surface area contributed by atoms with E-state index in [1.807, 2.05) is 0 Å². The first kappa shape index (κ1) is 16.3. The lowest BCUT2D eigenvalue weighted by molar-refractivity contribution is -0.180. The number of Topliss-reactive ketones (excluding diaryl/α,β-unsaturated/α-hetero) is 1. The summed E-state index contributed by atoms with van der Waals surface area (Å²) in [5.41, 5.74) is -0.608. The number of esters is 2. The van der Waals surface area contributed by atoms with E-state index in [2.05, 4.69) is 4.74 Å². The summed E-state index contributed by atoms with van der Waals surface area (Å²) in [5, 5.41) is 0. The minimum Gasteiger partial charge on any atom is -0.462 e. The van der Waals surface area contributed by atoms with Gasteiger partial charge in [-0.15, -0.1) is 0 Å². The van der Waals surface area contributed by atoms with Gasteiger partial charge in [-0.05, 0) is 38.0 Å². The van der Waals surface area contributed by atoms with Gasteiger partial charge >= 0.3 is 17.9 Å². The van der Waals surface area contributed by atoms with Crippen molar-refractivity contribution in [1.82, 2.24) is 0 Å². The van der Waals surface area contributed by atoms with Gasteiger partial charge in [-0.25, -0.2) is 4.79 Å². The van der Waals surface area contributed by atoms with Crippen molar-refractivity contribution in [3.63, 3.8) is 0 Å². The van der Waals surface area contributed by atoms with Crippen LogP contribution in [0.15, 0.2) is 0 Å². The van der Waals surface area contributed by atoms with Crippen molar-refractivity contribution in [2.75, 3.05) is 13.2 Å². The van der Waals surface area contributed by atoms with Crippen molar-refractivity contribution in [3.05, 3.63) is 0 Å². The fourth-order valence-electron chi connectivity index (χ4n) is 4.55. The number of alkyl halides is 2. The maximum Gasteiger partial charge on any atom is 0.376 e. The Labute approximate surface area is 132 Å². The molecule has 0 radical (unpaired) electrons. The Morgan fingerprint density at radius 1 is 1.13 bits per heavy atom. The maximum atomic E-state index is 12.6. The van der Waals surface area contributed by atoms with E-state index < -0.39 is 17.3 Å². The van der Waals surface area contributed by atoms with Gasteiger partial charge in [0.2, 0.25) is 0 Å². The van der Waals surface area contributed by atoms with E-state index in [1.54, 1.807) is 0 Å². The normalized spacial score (nSPS) is 35.3. The number of ketones is 1. The highest BCUT2D eigenvalue weighted by atomic mass is 19.3. The second-order valence-corrected chi connectivity index (χ2v) is 7.19. The standard InChI is InChI=1S/C16H20F2O5/c1-15(17,18)13(20)22-2-3-23-14(21)16-6-9-4-10(7-16)12(19)11(5-9)8-16/h9-11H,2-8H2,1H3. The Kier molecular flexibility index (Phi) is 3.92. The largest absolute Gasteiger partial charge is 0.462 e. The van der Waals surface area contributed by atoms with Crippen molar-refractivity contribution in [3.8, 4) is 0 Å². The Morgan fingerprint density at radius 2 is 1.70 bits per heavy atom. The van der Waals surface area contributed by atoms with Gasteiger partial charge in [0.15, 0.2) is 0 Å².